The predicted molar refractivity (Wildman–Crippen MR) is 108 cm³/mol. The molecule has 1 amide bonds. The number of aliphatic imine (C=N–C) groups is 1. The Hall–Kier alpha value is -4.08. The van der Waals surface area contributed by atoms with E-state index in [2.05, 4.69) is 4.99 Å². The number of rotatable bonds is 5. The van der Waals surface area contributed by atoms with Crippen LogP contribution in [-0.4, -0.2) is 25.9 Å². The molecule has 0 radical (unpaired) electrons. The van der Waals surface area contributed by atoms with Crippen LogP contribution in [0, 0.1) is 17.1 Å². The van der Waals surface area contributed by atoms with Crippen LogP contribution in [0.15, 0.2) is 47.6 Å². The van der Waals surface area contributed by atoms with Crippen LogP contribution >= 0.6 is 0 Å². The minimum absolute atomic E-state index is 0.0265. The fraction of sp³-hybridized carbons (Fsp3) is 0.190. The zero-order valence-corrected chi connectivity index (χ0v) is 17.2. The van der Waals surface area contributed by atoms with Gasteiger partial charge in [0.15, 0.2) is 5.75 Å². The lowest BCUT2D eigenvalue weighted by Crippen LogP contribution is -2.30. The average molecular weight is 488 g/mol. The van der Waals surface area contributed by atoms with Crippen molar-refractivity contribution in [2.24, 2.45) is 10.7 Å². The summed E-state index contributed by atoms with van der Waals surface area (Å²) in [7, 11) is 1.10. The first-order valence-electron chi connectivity index (χ1n) is 9.12. The van der Waals surface area contributed by atoms with Gasteiger partial charge in [-0.15, -0.1) is 0 Å². The van der Waals surface area contributed by atoms with Gasteiger partial charge in [-0.3, -0.25) is 9.89 Å². The molecule has 0 bridgehead atoms. The van der Waals surface area contributed by atoms with Gasteiger partial charge in [0.2, 0.25) is 0 Å². The number of nitriles is 1. The van der Waals surface area contributed by atoms with E-state index in [1.165, 1.54) is 0 Å². The van der Waals surface area contributed by atoms with Gasteiger partial charge in [0, 0.05) is 36.3 Å². The molecule has 0 fully saturated rings. The number of carbonyl (C=O) groups is 1. The molecule has 6 nitrogen and oxygen atoms in total. The molecule has 34 heavy (non-hydrogen) atoms. The molecule has 0 spiro atoms. The zero-order chi connectivity index (χ0) is 25.7. The number of allylic oxidation sites excluding steroid dienone is 1. The molecule has 0 saturated carbocycles. The maximum absolute atomic E-state index is 13.7. The van der Waals surface area contributed by atoms with E-state index in [-0.39, 0.29) is 11.8 Å². The molecular weight excluding hydrogens is 473 g/mol. The van der Waals surface area contributed by atoms with E-state index >= 15 is 0 Å². The molecule has 0 atom stereocenters. The lowest BCUT2D eigenvalue weighted by Gasteiger charge is -2.22. The van der Waals surface area contributed by atoms with Crippen LogP contribution in [0.1, 0.15) is 16.7 Å². The van der Waals surface area contributed by atoms with Crippen molar-refractivity contribution in [1.29, 1.82) is 5.26 Å². The Morgan fingerprint density at radius 1 is 1.15 bits per heavy atom. The first-order valence-corrected chi connectivity index (χ1v) is 9.12. The van der Waals surface area contributed by atoms with Crippen LogP contribution in [-0.2, 0) is 12.4 Å². The molecule has 0 aliphatic heterocycles. The van der Waals surface area contributed by atoms with Crippen molar-refractivity contribution in [3.8, 4) is 11.8 Å². The van der Waals surface area contributed by atoms with E-state index in [9.17, 15) is 35.5 Å². The van der Waals surface area contributed by atoms with E-state index in [4.69, 9.17) is 15.7 Å². The molecule has 13 heteroatoms. The van der Waals surface area contributed by atoms with E-state index in [1.807, 2.05) is 0 Å². The number of hydrogen-bond acceptors (Lipinski definition) is 5. The standard InChI is InChI=1S/C21H15F7N4O2/c1-32(15-4-2-14(22)3-5-15)19(33)34-18-16(12(10-30)11-31-7-6-29)8-13(20(23,24)25)9-17(18)21(26,27)28/h2-5,8-11H,7,30H2,1H3. The van der Waals surface area contributed by atoms with Crippen LogP contribution in [0.4, 0.5) is 41.2 Å². The number of nitrogens with two attached hydrogens (primary N) is 1. The fourth-order valence-corrected chi connectivity index (χ4v) is 2.64. The molecule has 0 aliphatic rings. The molecule has 0 unspecified atom stereocenters. The minimum atomic E-state index is -5.37. The Balaban J connectivity index is 2.70. The largest absolute Gasteiger partial charge is 0.420 e. The fourth-order valence-electron chi connectivity index (χ4n) is 2.64. The van der Waals surface area contributed by atoms with Crippen LogP contribution in [0.5, 0.6) is 5.75 Å². The molecule has 2 N–H and O–H groups in total. The Morgan fingerprint density at radius 3 is 2.26 bits per heavy atom. The van der Waals surface area contributed by atoms with Crippen LogP contribution < -0.4 is 15.4 Å². The highest BCUT2D eigenvalue weighted by atomic mass is 19.4. The van der Waals surface area contributed by atoms with Crippen molar-refractivity contribution >= 4 is 23.6 Å². The summed E-state index contributed by atoms with van der Waals surface area (Å²) in [5.41, 5.74) is 0.515. The Bertz CT molecular complexity index is 1150. The van der Waals surface area contributed by atoms with Crippen molar-refractivity contribution in [1.82, 2.24) is 0 Å². The number of benzene rings is 2. The number of anilines is 1. The highest BCUT2D eigenvalue weighted by Crippen LogP contribution is 2.44. The highest BCUT2D eigenvalue weighted by molar-refractivity contribution is 6.11. The van der Waals surface area contributed by atoms with Gasteiger partial charge in [0.25, 0.3) is 0 Å². The van der Waals surface area contributed by atoms with Crippen molar-refractivity contribution in [2.45, 2.75) is 12.4 Å². The second-order valence-electron chi connectivity index (χ2n) is 6.55. The molecule has 0 aromatic heterocycles. The SMILES string of the molecule is CN(C(=O)Oc1c(C(C=NCC#N)=CN)cc(C(F)(F)F)cc1C(F)(F)F)c1ccc(F)cc1. The Morgan fingerprint density at radius 2 is 1.76 bits per heavy atom. The molecule has 2 aromatic rings. The van der Waals surface area contributed by atoms with Gasteiger partial charge in [-0.25, -0.2) is 9.18 Å². The highest BCUT2D eigenvalue weighted by Gasteiger charge is 2.41. The molecule has 0 saturated heterocycles. The topological polar surface area (TPSA) is 91.7 Å². The molecule has 180 valence electrons. The van der Waals surface area contributed by atoms with Gasteiger partial charge in [0.05, 0.1) is 17.2 Å². The van der Waals surface area contributed by atoms with Gasteiger partial charge in [0.1, 0.15) is 12.4 Å². The van der Waals surface area contributed by atoms with Gasteiger partial charge in [-0.2, -0.15) is 31.6 Å². The number of alkyl halides is 6. The summed E-state index contributed by atoms with van der Waals surface area (Å²) in [6, 6.07) is 5.94. The first-order chi connectivity index (χ1) is 15.8. The van der Waals surface area contributed by atoms with Crippen molar-refractivity contribution < 1.29 is 40.3 Å². The maximum Gasteiger partial charge on any atom is 0.420 e. The summed E-state index contributed by atoms with van der Waals surface area (Å²) >= 11 is 0. The predicted octanol–water partition coefficient (Wildman–Crippen LogP) is 5.39. The molecular formula is C21H15F7N4O2. The van der Waals surface area contributed by atoms with E-state index < -0.39 is 58.8 Å². The third kappa shape index (κ3) is 6.25. The second-order valence-corrected chi connectivity index (χ2v) is 6.55. The third-order valence-corrected chi connectivity index (χ3v) is 4.28. The number of carbonyl (C=O) groups excluding carboxylic acids is 1. The van der Waals surface area contributed by atoms with Gasteiger partial charge in [-0.05, 0) is 36.4 Å². The Labute approximate surface area is 188 Å². The summed E-state index contributed by atoms with van der Waals surface area (Å²) in [6.45, 7) is -0.467. The summed E-state index contributed by atoms with van der Waals surface area (Å²) < 4.78 is 99.3. The van der Waals surface area contributed by atoms with E-state index in [0.29, 0.717) is 12.3 Å². The maximum atomic E-state index is 13.7. The third-order valence-electron chi connectivity index (χ3n) is 4.28. The number of amides is 1. The van der Waals surface area contributed by atoms with Gasteiger partial charge in [-0.1, -0.05) is 0 Å². The first kappa shape index (κ1) is 26.2. The minimum Gasteiger partial charge on any atom is -0.409 e. The molecule has 2 rings (SSSR count). The van der Waals surface area contributed by atoms with Gasteiger partial charge >= 0.3 is 18.4 Å². The number of nitrogens with zero attached hydrogens (tertiary/aromatic N) is 3. The Kier molecular flexibility index (Phi) is 7.88. The van der Waals surface area contributed by atoms with Crippen LogP contribution in [0.2, 0.25) is 0 Å². The quantitative estimate of drug-likeness (QED) is 0.347. The van der Waals surface area contributed by atoms with Gasteiger partial charge < -0.3 is 10.5 Å². The molecule has 0 aliphatic carbocycles. The van der Waals surface area contributed by atoms with E-state index in [1.54, 1.807) is 6.07 Å². The van der Waals surface area contributed by atoms with Crippen LogP contribution in [0.3, 0.4) is 0 Å². The summed E-state index contributed by atoms with van der Waals surface area (Å²) in [5.74, 6) is -1.91. The average Bonchev–Trinajstić information content (AvgIpc) is 2.75. The smallest absolute Gasteiger partial charge is 0.409 e. The summed E-state index contributed by atoms with van der Waals surface area (Å²) in [6.07, 6.45) is -10.5. The lowest BCUT2D eigenvalue weighted by molar-refractivity contribution is -0.143. The zero-order valence-electron chi connectivity index (χ0n) is 17.2. The lowest BCUT2D eigenvalue weighted by atomic mass is 9.98. The monoisotopic (exact) mass is 488 g/mol. The van der Waals surface area contributed by atoms with E-state index in [0.717, 1.165) is 42.4 Å². The normalized spacial score (nSPS) is 12.5. The summed E-state index contributed by atoms with van der Waals surface area (Å²) in [4.78, 5) is 16.8. The number of hydrogen-bond donors (Lipinski definition) is 1. The van der Waals surface area contributed by atoms with Crippen molar-refractivity contribution in [2.75, 3.05) is 18.5 Å². The summed E-state index contributed by atoms with van der Waals surface area (Å²) in [5, 5.41) is 8.57. The van der Waals surface area contributed by atoms with Crippen molar-refractivity contribution in [3.63, 3.8) is 0 Å². The number of ether oxygens (including phenoxy) is 1. The number of halogens is 7. The molecule has 2 aromatic carbocycles. The van der Waals surface area contributed by atoms with Crippen molar-refractivity contribution in [3.05, 3.63) is 65.1 Å². The second kappa shape index (κ2) is 10.2. The van der Waals surface area contributed by atoms with Crippen LogP contribution in [0.25, 0.3) is 5.57 Å². The molecule has 0 heterocycles.